The first-order valence-corrected chi connectivity index (χ1v) is 7.46. The van der Waals surface area contributed by atoms with Gasteiger partial charge in [-0.1, -0.05) is 12.1 Å². The quantitative estimate of drug-likeness (QED) is 0.308. The Morgan fingerprint density at radius 3 is 2.77 bits per heavy atom. The Kier molecular flexibility index (Phi) is 8.70. The van der Waals surface area contributed by atoms with Gasteiger partial charge in [-0.15, -0.1) is 24.0 Å². The lowest BCUT2D eigenvalue weighted by atomic mass is 10.1. The molecule has 1 aliphatic rings. The van der Waals surface area contributed by atoms with Crippen LogP contribution in [0.3, 0.4) is 0 Å². The van der Waals surface area contributed by atoms with E-state index in [-0.39, 0.29) is 29.8 Å². The van der Waals surface area contributed by atoms with Gasteiger partial charge in [-0.05, 0) is 42.9 Å². The van der Waals surface area contributed by atoms with E-state index >= 15 is 0 Å². The molecule has 1 fully saturated rings. The molecule has 0 amide bonds. The van der Waals surface area contributed by atoms with Crippen molar-refractivity contribution in [3.8, 4) is 0 Å². The number of nitrogens with one attached hydrogen (secondary N) is 2. The smallest absolute Gasteiger partial charge is 0.191 e. The van der Waals surface area contributed by atoms with E-state index in [1.54, 1.807) is 26.1 Å². The Bertz CT molecular complexity index is 492. The van der Waals surface area contributed by atoms with Gasteiger partial charge in [-0.3, -0.25) is 4.99 Å². The lowest BCUT2D eigenvalue weighted by Gasteiger charge is -2.12. The molecule has 2 rings (SSSR count). The third-order valence-corrected chi connectivity index (χ3v) is 3.51. The van der Waals surface area contributed by atoms with Gasteiger partial charge >= 0.3 is 0 Å². The second kappa shape index (κ2) is 9.99. The second-order valence-corrected chi connectivity index (χ2v) is 5.45. The summed E-state index contributed by atoms with van der Waals surface area (Å²) in [4.78, 5) is 4.13. The zero-order chi connectivity index (χ0) is 15.1. The molecule has 0 atom stereocenters. The van der Waals surface area contributed by atoms with Gasteiger partial charge in [0.1, 0.15) is 5.82 Å². The van der Waals surface area contributed by atoms with Crippen LogP contribution in [0.1, 0.15) is 24.0 Å². The van der Waals surface area contributed by atoms with Crippen LogP contribution in [-0.2, 0) is 11.3 Å². The lowest BCUT2D eigenvalue weighted by Crippen LogP contribution is -2.38. The first-order chi connectivity index (χ1) is 10.2. The molecule has 1 saturated carbocycles. The molecule has 1 aliphatic carbocycles. The van der Waals surface area contributed by atoms with E-state index in [9.17, 15) is 4.39 Å². The molecule has 0 bridgehead atoms. The molecule has 4 nitrogen and oxygen atoms in total. The predicted molar refractivity (Wildman–Crippen MR) is 98.3 cm³/mol. The van der Waals surface area contributed by atoms with Crippen molar-refractivity contribution in [1.29, 1.82) is 0 Å². The lowest BCUT2D eigenvalue weighted by molar-refractivity contribution is 0.129. The summed E-state index contributed by atoms with van der Waals surface area (Å²) in [6.07, 6.45) is 2.62. The van der Waals surface area contributed by atoms with Crippen molar-refractivity contribution < 1.29 is 9.13 Å². The number of hydrogen-bond acceptors (Lipinski definition) is 2. The third-order valence-electron chi connectivity index (χ3n) is 3.51. The van der Waals surface area contributed by atoms with Gasteiger partial charge in [0.15, 0.2) is 5.96 Å². The van der Waals surface area contributed by atoms with Crippen molar-refractivity contribution in [3.05, 3.63) is 35.1 Å². The van der Waals surface area contributed by atoms with E-state index in [2.05, 4.69) is 15.6 Å². The second-order valence-electron chi connectivity index (χ2n) is 5.45. The van der Waals surface area contributed by atoms with Crippen LogP contribution in [0.4, 0.5) is 4.39 Å². The van der Waals surface area contributed by atoms with Gasteiger partial charge in [0, 0.05) is 26.7 Å². The molecular weight excluding hydrogens is 396 g/mol. The first kappa shape index (κ1) is 19.2. The number of nitrogens with zero attached hydrogens (tertiary/aromatic N) is 1. The summed E-state index contributed by atoms with van der Waals surface area (Å²) in [6, 6.07) is 5.25. The minimum atomic E-state index is -0.175. The first-order valence-electron chi connectivity index (χ1n) is 7.46. The van der Waals surface area contributed by atoms with Gasteiger partial charge < -0.3 is 15.4 Å². The Morgan fingerprint density at radius 1 is 1.36 bits per heavy atom. The zero-order valence-electron chi connectivity index (χ0n) is 13.2. The molecule has 22 heavy (non-hydrogen) atoms. The zero-order valence-corrected chi connectivity index (χ0v) is 15.5. The molecule has 124 valence electrons. The molecule has 0 saturated heterocycles. The molecule has 0 aromatic heterocycles. The molecule has 6 heteroatoms. The van der Waals surface area contributed by atoms with Crippen molar-refractivity contribution in [3.63, 3.8) is 0 Å². The Labute approximate surface area is 148 Å². The summed E-state index contributed by atoms with van der Waals surface area (Å²) >= 11 is 0. The molecule has 0 spiro atoms. The van der Waals surface area contributed by atoms with Crippen molar-refractivity contribution in [2.75, 3.05) is 26.8 Å². The third kappa shape index (κ3) is 6.91. The highest BCUT2D eigenvalue weighted by Crippen LogP contribution is 2.28. The average Bonchev–Trinajstić information content (AvgIpc) is 3.29. The summed E-state index contributed by atoms with van der Waals surface area (Å²) in [5, 5.41) is 6.34. The summed E-state index contributed by atoms with van der Waals surface area (Å²) < 4.78 is 19.0. The maximum absolute atomic E-state index is 13.5. The molecule has 1 aromatic rings. The van der Waals surface area contributed by atoms with Crippen LogP contribution in [0.25, 0.3) is 0 Å². The molecule has 0 heterocycles. The van der Waals surface area contributed by atoms with Gasteiger partial charge in [0.05, 0.1) is 6.61 Å². The standard InChI is InChI=1S/C16H24FN3O.HI/c1-12-3-4-14(9-15(12)17)10-20-16(18-2)19-7-8-21-11-13-5-6-13;/h3-4,9,13H,5-8,10-11H2,1-2H3,(H2,18,19,20);1H. The maximum atomic E-state index is 13.5. The van der Waals surface area contributed by atoms with Crippen molar-refractivity contribution in [1.82, 2.24) is 10.6 Å². The molecule has 0 aliphatic heterocycles. The normalized spacial score (nSPS) is 14.4. The maximum Gasteiger partial charge on any atom is 0.191 e. The number of guanidine groups is 1. The molecule has 1 aromatic carbocycles. The van der Waals surface area contributed by atoms with Crippen molar-refractivity contribution >= 4 is 29.9 Å². The number of benzene rings is 1. The average molecular weight is 421 g/mol. The monoisotopic (exact) mass is 421 g/mol. The van der Waals surface area contributed by atoms with E-state index in [1.165, 1.54) is 12.8 Å². The van der Waals surface area contributed by atoms with E-state index in [0.717, 1.165) is 18.1 Å². The number of hydrogen-bond donors (Lipinski definition) is 2. The van der Waals surface area contributed by atoms with Gasteiger partial charge in [0.2, 0.25) is 0 Å². The van der Waals surface area contributed by atoms with E-state index < -0.39 is 0 Å². The minimum Gasteiger partial charge on any atom is -0.379 e. The van der Waals surface area contributed by atoms with Crippen LogP contribution >= 0.6 is 24.0 Å². The van der Waals surface area contributed by atoms with Crippen LogP contribution in [0.2, 0.25) is 0 Å². The SMILES string of the molecule is CN=C(NCCOCC1CC1)NCc1ccc(C)c(F)c1.I. The van der Waals surface area contributed by atoms with Crippen LogP contribution in [0.5, 0.6) is 0 Å². The Hall–Kier alpha value is -0.890. The van der Waals surface area contributed by atoms with Gasteiger partial charge in [-0.2, -0.15) is 0 Å². The van der Waals surface area contributed by atoms with Crippen LogP contribution in [0, 0.1) is 18.7 Å². The van der Waals surface area contributed by atoms with Crippen LogP contribution in [-0.4, -0.2) is 32.8 Å². The fourth-order valence-corrected chi connectivity index (χ4v) is 1.93. The highest BCUT2D eigenvalue weighted by molar-refractivity contribution is 14.0. The number of halogens is 2. The van der Waals surface area contributed by atoms with E-state index in [0.29, 0.717) is 31.2 Å². The highest BCUT2D eigenvalue weighted by Gasteiger charge is 2.20. The van der Waals surface area contributed by atoms with Crippen LogP contribution in [0.15, 0.2) is 23.2 Å². The summed E-state index contributed by atoms with van der Waals surface area (Å²) in [7, 11) is 1.72. The fraction of sp³-hybridized carbons (Fsp3) is 0.562. The topological polar surface area (TPSA) is 45.7 Å². The summed E-state index contributed by atoms with van der Waals surface area (Å²) in [6.45, 7) is 4.57. The molecular formula is C16H25FIN3O. The number of rotatable bonds is 7. The molecule has 0 unspecified atom stereocenters. The van der Waals surface area contributed by atoms with Crippen molar-refractivity contribution in [2.45, 2.75) is 26.3 Å². The van der Waals surface area contributed by atoms with Crippen molar-refractivity contribution in [2.24, 2.45) is 10.9 Å². The minimum absolute atomic E-state index is 0. The van der Waals surface area contributed by atoms with Gasteiger partial charge in [0.25, 0.3) is 0 Å². The number of ether oxygens (including phenoxy) is 1. The van der Waals surface area contributed by atoms with Crippen LogP contribution < -0.4 is 10.6 Å². The summed E-state index contributed by atoms with van der Waals surface area (Å²) in [5.74, 6) is 1.32. The molecule has 0 radical (unpaired) electrons. The Morgan fingerprint density at radius 2 is 2.14 bits per heavy atom. The summed E-state index contributed by atoms with van der Waals surface area (Å²) in [5.41, 5.74) is 1.56. The predicted octanol–water partition coefficient (Wildman–Crippen LogP) is 2.84. The van der Waals surface area contributed by atoms with Gasteiger partial charge in [-0.25, -0.2) is 4.39 Å². The fourth-order valence-electron chi connectivity index (χ4n) is 1.93. The highest BCUT2D eigenvalue weighted by atomic mass is 127. The largest absolute Gasteiger partial charge is 0.379 e. The molecule has 2 N–H and O–H groups in total. The number of aryl methyl sites for hydroxylation is 1. The van der Waals surface area contributed by atoms with E-state index in [1.807, 2.05) is 6.07 Å². The number of aliphatic imine (C=N–C) groups is 1. The Balaban J connectivity index is 0.00000242. The van der Waals surface area contributed by atoms with E-state index in [4.69, 9.17) is 4.74 Å².